The number of nitrogen functional groups attached to an aromatic ring is 1. The molecular formula is C19H17FN2O3S. The van der Waals surface area contributed by atoms with E-state index in [2.05, 4.69) is 4.98 Å². The summed E-state index contributed by atoms with van der Waals surface area (Å²) in [5.74, 6) is -0.403. The molecule has 0 radical (unpaired) electrons. The lowest BCUT2D eigenvalue weighted by atomic mass is 10.1. The second-order valence-corrected chi connectivity index (χ2v) is 6.31. The van der Waals surface area contributed by atoms with Crippen molar-refractivity contribution >= 4 is 22.4 Å². The molecule has 0 bridgehead atoms. The summed E-state index contributed by atoms with van der Waals surface area (Å²) in [6.07, 6.45) is 0. The van der Waals surface area contributed by atoms with E-state index in [1.807, 2.05) is 5.38 Å². The maximum absolute atomic E-state index is 13.0. The van der Waals surface area contributed by atoms with E-state index in [1.54, 1.807) is 37.3 Å². The minimum Gasteiger partial charge on any atom is -0.488 e. The van der Waals surface area contributed by atoms with Gasteiger partial charge in [-0.2, -0.15) is 0 Å². The first kappa shape index (κ1) is 17.9. The number of esters is 1. The average Bonchev–Trinajstić information content (AvgIpc) is 3.08. The Bertz CT molecular complexity index is 909. The molecule has 0 aliphatic carbocycles. The van der Waals surface area contributed by atoms with Crippen molar-refractivity contribution in [2.75, 3.05) is 12.3 Å². The Kier molecular flexibility index (Phi) is 5.48. The van der Waals surface area contributed by atoms with E-state index in [9.17, 15) is 9.18 Å². The van der Waals surface area contributed by atoms with Crippen LogP contribution in [-0.4, -0.2) is 17.6 Å². The number of ether oxygens (including phenoxy) is 2. The maximum atomic E-state index is 13.0. The first-order valence-corrected chi connectivity index (χ1v) is 8.84. The van der Waals surface area contributed by atoms with Crippen LogP contribution < -0.4 is 10.5 Å². The highest BCUT2D eigenvalue weighted by molar-refractivity contribution is 7.13. The van der Waals surface area contributed by atoms with E-state index in [-0.39, 0.29) is 19.0 Å². The monoisotopic (exact) mass is 372 g/mol. The molecule has 0 spiro atoms. The topological polar surface area (TPSA) is 74.4 Å². The highest BCUT2D eigenvalue weighted by Gasteiger charge is 2.16. The van der Waals surface area contributed by atoms with E-state index >= 15 is 0 Å². The SMILES string of the molecule is CCOC(=O)c1cc(-c2csc(N)n2)ccc1OCc1ccc(F)cc1. The molecular weight excluding hydrogens is 355 g/mol. The van der Waals surface area contributed by atoms with Crippen LogP contribution in [0.25, 0.3) is 11.3 Å². The summed E-state index contributed by atoms with van der Waals surface area (Å²) in [7, 11) is 0. The molecule has 26 heavy (non-hydrogen) atoms. The van der Waals surface area contributed by atoms with Crippen LogP contribution >= 0.6 is 11.3 Å². The summed E-state index contributed by atoms with van der Waals surface area (Å²) in [5, 5.41) is 2.27. The Morgan fingerprint density at radius 1 is 1.23 bits per heavy atom. The second kappa shape index (κ2) is 7.97. The van der Waals surface area contributed by atoms with Crippen molar-refractivity contribution in [3.05, 3.63) is 64.8 Å². The first-order valence-electron chi connectivity index (χ1n) is 7.96. The van der Waals surface area contributed by atoms with Gasteiger partial charge < -0.3 is 15.2 Å². The molecule has 3 aromatic rings. The minimum absolute atomic E-state index is 0.204. The van der Waals surface area contributed by atoms with Crippen molar-refractivity contribution in [3.63, 3.8) is 0 Å². The van der Waals surface area contributed by atoms with Crippen LogP contribution in [0.2, 0.25) is 0 Å². The number of hydrogen-bond acceptors (Lipinski definition) is 6. The van der Waals surface area contributed by atoms with E-state index < -0.39 is 5.97 Å². The lowest BCUT2D eigenvalue weighted by Crippen LogP contribution is -2.08. The number of carbonyl (C=O) groups excluding carboxylic acids is 1. The normalized spacial score (nSPS) is 10.5. The lowest BCUT2D eigenvalue weighted by Gasteiger charge is -2.12. The predicted octanol–water partition coefficient (Wildman–Crippen LogP) is 4.29. The van der Waals surface area contributed by atoms with Gasteiger partial charge in [0.1, 0.15) is 23.7 Å². The van der Waals surface area contributed by atoms with Crippen LogP contribution in [0.15, 0.2) is 47.8 Å². The number of aromatic nitrogens is 1. The van der Waals surface area contributed by atoms with Crippen LogP contribution in [0.1, 0.15) is 22.8 Å². The molecule has 1 heterocycles. The van der Waals surface area contributed by atoms with Crippen LogP contribution in [0.5, 0.6) is 5.75 Å². The molecule has 0 saturated carbocycles. The number of nitrogens with zero attached hydrogens (tertiary/aromatic N) is 1. The summed E-state index contributed by atoms with van der Waals surface area (Å²) in [4.78, 5) is 16.5. The van der Waals surface area contributed by atoms with Gasteiger partial charge in [-0.05, 0) is 42.8 Å². The predicted molar refractivity (Wildman–Crippen MR) is 98.7 cm³/mol. The van der Waals surface area contributed by atoms with E-state index in [1.165, 1.54) is 23.5 Å². The van der Waals surface area contributed by atoms with Gasteiger partial charge >= 0.3 is 5.97 Å². The Hall–Kier alpha value is -2.93. The summed E-state index contributed by atoms with van der Waals surface area (Å²) < 4.78 is 23.9. The Labute approximate surface area is 154 Å². The van der Waals surface area contributed by atoms with Crippen molar-refractivity contribution in [1.82, 2.24) is 4.98 Å². The summed E-state index contributed by atoms with van der Waals surface area (Å²) in [6.45, 7) is 2.20. The fourth-order valence-corrected chi connectivity index (χ4v) is 2.92. The lowest BCUT2D eigenvalue weighted by molar-refractivity contribution is 0.0521. The molecule has 7 heteroatoms. The molecule has 0 aliphatic heterocycles. The van der Waals surface area contributed by atoms with Gasteiger partial charge in [0.05, 0.1) is 12.3 Å². The van der Waals surface area contributed by atoms with E-state index in [0.29, 0.717) is 22.1 Å². The number of anilines is 1. The maximum Gasteiger partial charge on any atom is 0.341 e. The van der Waals surface area contributed by atoms with Crippen LogP contribution in [0.4, 0.5) is 9.52 Å². The first-order chi connectivity index (χ1) is 12.6. The van der Waals surface area contributed by atoms with Crippen molar-refractivity contribution in [2.45, 2.75) is 13.5 Å². The number of rotatable bonds is 6. The van der Waals surface area contributed by atoms with Crippen LogP contribution in [0.3, 0.4) is 0 Å². The van der Waals surface area contributed by atoms with Gasteiger partial charge in [-0.15, -0.1) is 11.3 Å². The zero-order valence-electron chi connectivity index (χ0n) is 14.1. The number of halogens is 1. The zero-order chi connectivity index (χ0) is 18.5. The third-order valence-electron chi connectivity index (χ3n) is 3.60. The molecule has 3 rings (SSSR count). The third kappa shape index (κ3) is 4.18. The minimum atomic E-state index is -0.480. The summed E-state index contributed by atoms with van der Waals surface area (Å²) in [6, 6.07) is 11.2. The largest absolute Gasteiger partial charge is 0.488 e. The number of thiazole rings is 1. The molecule has 0 fully saturated rings. The highest BCUT2D eigenvalue weighted by Crippen LogP contribution is 2.29. The standard InChI is InChI=1S/C19H17FN2O3S/c1-2-24-18(23)15-9-13(16-11-26-19(21)22-16)5-8-17(15)25-10-12-3-6-14(20)7-4-12/h3-9,11H,2,10H2,1H3,(H2,21,22). The molecule has 0 unspecified atom stereocenters. The Morgan fingerprint density at radius 2 is 2.00 bits per heavy atom. The number of carbonyl (C=O) groups is 1. The fraction of sp³-hybridized carbons (Fsp3) is 0.158. The number of benzene rings is 2. The fourth-order valence-electron chi connectivity index (χ4n) is 2.35. The van der Waals surface area contributed by atoms with Crippen molar-refractivity contribution in [2.24, 2.45) is 0 Å². The van der Waals surface area contributed by atoms with Gasteiger partial charge in [-0.1, -0.05) is 12.1 Å². The zero-order valence-corrected chi connectivity index (χ0v) is 14.9. The van der Waals surface area contributed by atoms with Gasteiger partial charge in [0.15, 0.2) is 5.13 Å². The average molecular weight is 372 g/mol. The highest BCUT2D eigenvalue weighted by atomic mass is 32.1. The molecule has 0 saturated heterocycles. The molecule has 0 atom stereocenters. The van der Waals surface area contributed by atoms with Crippen molar-refractivity contribution < 1.29 is 18.7 Å². The summed E-state index contributed by atoms with van der Waals surface area (Å²) in [5.41, 5.74) is 8.20. The van der Waals surface area contributed by atoms with E-state index in [0.717, 1.165) is 11.1 Å². The van der Waals surface area contributed by atoms with Gasteiger partial charge in [-0.25, -0.2) is 14.2 Å². The molecule has 1 aromatic heterocycles. The van der Waals surface area contributed by atoms with Crippen molar-refractivity contribution in [1.29, 1.82) is 0 Å². The van der Waals surface area contributed by atoms with Crippen molar-refractivity contribution in [3.8, 4) is 17.0 Å². The van der Waals surface area contributed by atoms with Gasteiger partial charge in [0.2, 0.25) is 0 Å². The van der Waals surface area contributed by atoms with Gasteiger partial charge in [0.25, 0.3) is 0 Å². The Balaban J connectivity index is 1.87. The number of hydrogen-bond donors (Lipinski definition) is 1. The summed E-state index contributed by atoms with van der Waals surface area (Å²) >= 11 is 1.33. The molecule has 0 aliphatic rings. The molecule has 2 N–H and O–H groups in total. The van der Waals surface area contributed by atoms with Crippen LogP contribution in [0, 0.1) is 5.82 Å². The molecule has 0 amide bonds. The third-order valence-corrected chi connectivity index (χ3v) is 4.27. The molecule has 2 aromatic carbocycles. The molecule has 5 nitrogen and oxygen atoms in total. The van der Waals surface area contributed by atoms with E-state index in [4.69, 9.17) is 15.2 Å². The van der Waals surface area contributed by atoms with Gasteiger partial charge in [-0.3, -0.25) is 0 Å². The second-order valence-electron chi connectivity index (χ2n) is 5.42. The smallest absolute Gasteiger partial charge is 0.341 e. The molecule has 134 valence electrons. The van der Waals surface area contributed by atoms with Crippen LogP contribution in [-0.2, 0) is 11.3 Å². The van der Waals surface area contributed by atoms with Gasteiger partial charge in [0, 0.05) is 10.9 Å². The quantitative estimate of drug-likeness (QED) is 0.654. The number of nitrogens with two attached hydrogens (primary N) is 1. The Morgan fingerprint density at radius 3 is 2.65 bits per heavy atom.